The monoisotopic (exact) mass is 340 g/mol. The van der Waals surface area contributed by atoms with Crippen LogP contribution in [-0.4, -0.2) is 11.6 Å². The Labute approximate surface area is 153 Å². The van der Waals surface area contributed by atoms with Crippen LogP contribution in [0.15, 0.2) is 0 Å². The summed E-state index contributed by atoms with van der Waals surface area (Å²) in [5.74, 6) is 0.657. The molecular formula is C22H48N2. The van der Waals surface area contributed by atoms with Crippen LogP contribution in [0.3, 0.4) is 0 Å². The van der Waals surface area contributed by atoms with E-state index in [4.69, 9.17) is 11.5 Å². The van der Waals surface area contributed by atoms with Crippen molar-refractivity contribution in [2.24, 2.45) is 17.4 Å². The third-order valence-corrected chi connectivity index (χ3v) is 5.63. The summed E-state index contributed by atoms with van der Waals surface area (Å²) in [6.45, 7) is 9.10. The lowest BCUT2D eigenvalue weighted by Crippen LogP contribution is -2.37. The molecule has 0 fully saturated rings. The topological polar surface area (TPSA) is 52.0 Å². The van der Waals surface area contributed by atoms with Crippen molar-refractivity contribution in [2.45, 2.75) is 136 Å². The smallest absolute Gasteiger partial charge is 0.0125 e. The van der Waals surface area contributed by atoms with E-state index in [0.717, 1.165) is 12.8 Å². The van der Waals surface area contributed by atoms with Crippen LogP contribution in [0, 0.1) is 5.92 Å². The van der Waals surface area contributed by atoms with Crippen LogP contribution in [0.5, 0.6) is 0 Å². The van der Waals surface area contributed by atoms with E-state index in [1.165, 1.54) is 83.5 Å². The van der Waals surface area contributed by atoms with Gasteiger partial charge in [-0.1, -0.05) is 91.4 Å². The van der Waals surface area contributed by atoms with Crippen molar-refractivity contribution < 1.29 is 0 Å². The molecular weight excluding hydrogens is 292 g/mol. The zero-order valence-corrected chi connectivity index (χ0v) is 17.4. The van der Waals surface area contributed by atoms with Crippen LogP contribution < -0.4 is 11.5 Å². The molecule has 0 bridgehead atoms. The molecule has 0 aliphatic carbocycles. The molecule has 3 atom stereocenters. The molecule has 0 rings (SSSR count). The number of unbranched alkanes of at least 4 members (excludes halogenated alkanes) is 8. The average Bonchev–Trinajstić information content (AvgIpc) is 2.54. The Hall–Kier alpha value is -0.0800. The summed E-state index contributed by atoms with van der Waals surface area (Å²) in [5.41, 5.74) is 12.9. The highest BCUT2D eigenvalue weighted by atomic mass is 14.7. The van der Waals surface area contributed by atoms with Gasteiger partial charge in [0.1, 0.15) is 0 Å². The second kappa shape index (κ2) is 15.2. The van der Waals surface area contributed by atoms with Crippen molar-refractivity contribution in [1.29, 1.82) is 0 Å². The van der Waals surface area contributed by atoms with Gasteiger partial charge in [-0.25, -0.2) is 0 Å². The van der Waals surface area contributed by atoms with Crippen molar-refractivity contribution in [1.82, 2.24) is 0 Å². The second-order valence-electron chi connectivity index (χ2n) is 8.55. The molecule has 0 aromatic rings. The highest BCUT2D eigenvalue weighted by molar-refractivity contribution is 4.80. The fourth-order valence-corrected chi connectivity index (χ4v) is 3.57. The highest BCUT2D eigenvalue weighted by Gasteiger charge is 2.19. The van der Waals surface area contributed by atoms with Gasteiger partial charge in [-0.3, -0.25) is 0 Å². The average molecular weight is 341 g/mol. The Kier molecular flexibility index (Phi) is 15.1. The van der Waals surface area contributed by atoms with Gasteiger partial charge in [0.25, 0.3) is 0 Å². The lowest BCUT2D eigenvalue weighted by Gasteiger charge is -2.26. The van der Waals surface area contributed by atoms with Gasteiger partial charge in [-0.2, -0.15) is 0 Å². The van der Waals surface area contributed by atoms with Gasteiger partial charge in [-0.15, -0.1) is 0 Å². The molecule has 3 unspecified atom stereocenters. The maximum Gasteiger partial charge on any atom is 0.0125 e. The number of hydrogen-bond acceptors (Lipinski definition) is 2. The lowest BCUT2D eigenvalue weighted by molar-refractivity contribution is 0.334. The van der Waals surface area contributed by atoms with E-state index in [-0.39, 0.29) is 5.54 Å². The zero-order valence-electron chi connectivity index (χ0n) is 17.4. The Morgan fingerprint density at radius 2 is 1.21 bits per heavy atom. The minimum absolute atomic E-state index is 0.00925. The van der Waals surface area contributed by atoms with Crippen LogP contribution in [0.4, 0.5) is 0 Å². The van der Waals surface area contributed by atoms with Crippen molar-refractivity contribution in [2.75, 3.05) is 0 Å². The molecule has 0 spiro atoms. The van der Waals surface area contributed by atoms with Gasteiger partial charge in [0.15, 0.2) is 0 Å². The Morgan fingerprint density at radius 3 is 1.79 bits per heavy atom. The zero-order chi connectivity index (χ0) is 18.3. The Bertz CT molecular complexity index is 263. The molecule has 24 heavy (non-hydrogen) atoms. The van der Waals surface area contributed by atoms with Gasteiger partial charge >= 0.3 is 0 Å². The summed E-state index contributed by atoms with van der Waals surface area (Å²) in [6.07, 6.45) is 19.4. The molecule has 0 aliphatic heterocycles. The number of nitrogens with two attached hydrogens (primary N) is 2. The number of hydrogen-bond donors (Lipinski definition) is 2. The van der Waals surface area contributed by atoms with Crippen LogP contribution in [0.25, 0.3) is 0 Å². The molecule has 0 saturated heterocycles. The first-order valence-corrected chi connectivity index (χ1v) is 11.0. The summed E-state index contributed by atoms with van der Waals surface area (Å²) in [7, 11) is 0. The van der Waals surface area contributed by atoms with Gasteiger partial charge in [-0.05, 0) is 38.5 Å². The predicted octanol–water partition coefficient (Wildman–Crippen LogP) is 6.56. The minimum Gasteiger partial charge on any atom is -0.327 e. The van der Waals surface area contributed by atoms with Crippen LogP contribution in [0.2, 0.25) is 0 Å². The maximum absolute atomic E-state index is 6.48. The summed E-state index contributed by atoms with van der Waals surface area (Å²) in [6, 6.07) is 0.358. The maximum atomic E-state index is 6.48. The summed E-state index contributed by atoms with van der Waals surface area (Å²) in [4.78, 5) is 0. The SMILES string of the molecule is CCCCCCCC(C)C(N)CCCC(C)(N)CCCCCCC. The fraction of sp³-hybridized carbons (Fsp3) is 1.00. The van der Waals surface area contributed by atoms with E-state index in [2.05, 4.69) is 27.7 Å². The van der Waals surface area contributed by atoms with E-state index < -0.39 is 0 Å². The van der Waals surface area contributed by atoms with Crippen molar-refractivity contribution in [3.63, 3.8) is 0 Å². The van der Waals surface area contributed by atoms with Crippen molar-refractivity contribution in [3.8, 4) is 0 Å². The molecule has 0 aliphatic rings. The molecule has 0 aromatic heterocycles. The molecule has 0 amide bonds. The summed E-state index contributed by atoms with van der Waals surface area (Å²) < 4.78 is 0. The standard InChI is InChI=1S/C22H48N2/c1-5-7-9-11-13-16-20(3)21(23)17-15-19-22(4,24)18-14-12-10-8-6-2/h20-21H,5-19,23-24H2,1-4H3. The molecule has 2 heteroatoms. The Balaban J connectivity index is 3.70. The van der Waals surface area contributed by atoms with E-state index in [1.54, 1.807) is 0 Å². The van der Waals surface area contributed by atoms with Crippen LogP contribution in [0.1, 0.15) is 124 Å². The van der Waals surface area contributed by atoms with Gasteiger partial charge in [0.05, 0.1) is 0 Å². The summed E-state index contributed by atoms with van der Waals surface area (Å²) >= 11 is 0. The quantitative estimate of drug-likeness (QED) is 0.295. The summed E-state index contributed by atoms with van der Waals surface area (Å²) in [5, 5.41) is 0. The van der Waals surface area contributed by atoms with E-state index in [9.17, 15) is 0 Å². The Morgan fingerprint density at radius 1 is 0.708 bits per heavy atom. The first-order chi connectivity index (χ1) is 11.4. The lowest BCUT2D eigenvalue weighted by atomic mass is 9.86. The van der Waals surface area contributed by atoms with E-state index in [1.807, 2.05) is 0 Å². The largest absolute Gasteiger partial charge is 0.327 e. The molecule has 0 aromatic carbocycles. The van der Waals surface area contributed by atoms with E-state index >= 15 is 0 Å². The van der Waals surface area contributed by atoms with Crippen molar-refractivity contribution >= 4 is 0 Å². The van der Waals surface area contributed by atoms with Crippen molar-refractivity contribution in [3.05, 3.63) is 0 Å². The van der Waals surface area contributed by atoms with Crippen LogP contribution in [-0.2, 0) is 0 Å². The molecule has 0 saturated carbocycles. The molecule has 4 N–H and O–H groups in total. The third-order valence-electron chi connectivity index (χ3n) is 5.63. The van der Waals surface area contributed by atoms with Gasteiger partial charge < -0.3 is 11.5 Å². The first kappa shape index (κ1) is 23.9. The fourth-order valence-electron chi connectivity index (χ4n) is 3.57. The minimum atomic E-state index is 0.00925. The van der Waals surface area contributed by atoms with Crippen LogP contribution >= 0.6 is 0 Å². The normalized spacial score (nSPS) is 16.8. The van der Waals surface area contributed by atoms with Gasteiger partial charge in [0.2, 0.25) is 0 Å². The molecule has 0 radical (unpaired) electrons. The molecule has 0 heterocycles. The molecule has 146 valence electrons. The number of rotatable bonds is 17. The predicted molar refractivity (Wildman–Crippen MR) is 110 cm³/mol. The molecule has 2 nitrogen and oxygen atoms in total. The second-order valence-corrected chi connectivity index (χ2v) is 8.55. The first-order valence-electron chi connectivity index (χ1n) is 11.0. The third kappa shape index (κ3) is 14.3. The van der Waals surface area contributed by atoms with Gasteiger partial charge in [0, 0.05) is 11.6 Å². The van der Waals surface area contributed by atoms with E-state index in [0.29, 0.717) is 12.0 Å². The highest BCUT2D eigenvalue weighted by Crippen LogP contribution is 2.22.